The molecular weight excluding hydrogens is 374 g/mol. The van der Waals surface area contributed by atoms with E-state index >= 15 is 0 Å². The lowest BCUT2D eigenvalue weighted by molar-refractivity contribution is -0.240. The number of cyclic esters (lactones) is 2. The van der Waals surface area contributed by atoms with Crippen LogP contribution in [-0.2, 0) is 19.1 Å². The fraction of sp³-hybridized carbons (Fsp3) is 0.273. The van der Waals surface area contributed by atoms with Gasteiger partial charge in [-0.15, -0.1) is 0 Å². The van der Waals surface area contributed by atoms with Crippen molar-refractivity contribution in [3.8, 4) is 11.5 Å². The number of fused-ring (bicyclic) bond motifs is 2. The minimum Gasteiger partial charge on any atom is -0.454 e. The van der Waals surface area contributed by atoms with Crippen molar-refractivity contribution in [1.29, 1.82) is 0 Å². The number of nitrogens with one attached hydrogen (secondary N) is 1. The quantitative estimate of drug-likeness (QED) is 0.542. The van der Waals surface area contributed by atoms with E-state index in [1.807, 2.05) is 36.5 Å². The maximum atomic E-state index is 12.9. The van der Waals surface area contributed by atoms with E-state index in [4.69, 9.17) is 18.9 Å². The van der Waals surface area contributed by atoms with E-state index in [0.29, 0.717) is 11.5 Å². The number of ether oxygens (including phenoxy) is 4. The van der Waals surface area contributed by atoms with Crippen LogP contribution in [0.1, 0.15) is 30.9 Å². The van der Waals surface area contributed by atoms with Crippen molar-refractivity contribution >= 4 is 22.8 Å². The largest absolute Gasteiger partial charge is 0.454 e. The molecule has 7 heteroatoms. The van der Waals surface area contributed by atoms with Crippen molar-refractivity contribution in [3.05, 3.63) is 59.8 Å². The molecule has 0 aliphatic carbocycles. The van der Waals surface area contributed by atoms with Crippen molar-refractivity contribution in [1.82, 2.24) is 4.98 Å². The maximum Gasteiger partial charge on any atom is 0.324 e. The standard InChI is InChI=1S/C22H19NO6/c1-22(2)28-20(24)19(21(25)29-22)18(12-7-8-16-17(9-12)27-11-26-16)14-10-23-15-6-4-3-5-13(14)15/h3-10,18-19,23H,11H2,1-2H3/t18-/m1/s1. The summed E-state index contributed by atoms with van der Waals surface area (Å²) in [5.41, 5.74) is 2.45. The van der Waals surface area contributed by atoms with Crippen LogP contribution in [0.15, 0.2) is 48.7 Å². The van der Waals surface area contributed by atoms with Gasteiger partial charge in [-0.2, -0.15) is 0 Å². The third-order valence-corrected chi connectivity index (χ3v) is 5.25. The van der Waals surface area contributed by atoms with E-state index < -0.39 is 29.6 Å². The van der Waals surface area contributed by atoms with Gasteiger partial charge in [0.1, 0.15) is 0 Å². The number of hydrogen-bond acceptors (Lipinski definition) is 6. The summed E-state index contributed by atoms with van der Waals surface area (Å²) in [4.78, 5) is 29.0. The first-order valence-electron chi connectivity index (χ1n) is 9.34. The summed E-state index contributed by atoms with van der Waals surface area (Å²) in [6.07, 6.45) is 1.82. The normalized spacial score (nSPS) is 19.1. The summed E-state index contributed by atoms with van der Waals surface area (Å²) in [5.74, 6) is -3.06. The molecule has 2 aromatic carbocycles. The topological polar surface area (TPSA) is 86.9 Å². The van der Waals surface area contributed by atoms with Gasteiger partial charge in [-0.05, 0) is 29.3 Å². The third-order valence-electron chi connectivity index (χ3n) is 5.25. The SMILES string of the molecule is CC1(C)OC(=O)C([C@H](c2ccc3c(c2)OCO3)c2c[nH]c3ccccc23)C(=O)O1. The van der Waals surface area contributed by atoms with Crippen LogP contribution in [0.3, 0.4) is 0 Å². The van der Waals surface area contributed by atoms with Gasteiger partial charge < -0.3 is 23.9 Å². The Morgan fingerprint density at radius 3 is 2.52 bits per heavy atom. The molecule has 1 aromatic heterocycles. The molecule has 5 rings (SSSR count). The fourth-order valence-corrected chi connectivity index (χ4v) is 4.01. The van der Waals surface area contributed by atoms with Gasteiger partial charge in [0.15, 0.2) is 17.4 Å². The molecule has 148 valence electrons. The summed E-state index contributed by atoms with van der Waals surface area (Å²) in [6, 6.07) is 13.1. The average Bonchev–Trinajstić information content (AvgIpc) is 3.30. The highest BCUT2D eigenvalue weighted by Gasteiger charge is 2.48. The maximum absolute atomic E-state index is 12.9. The van der Waals surface area contributed by atoms with Gasteiger partial charge in [-0.3, -0.25) is 9.59 Å². The van der Waals surface area contributed by atoms with Gasteiger partial charge in [0.25, 0.3) is 5.79 Å². The molecule has 7 nitrogen and oxygen atoms in total. The summed E-state index contributed by atoms with van der Waals surface area (Å²) in [7, 11) is 0. The number of H-pyrrole nitrogens is 1. The highest BCUT2D eigenvalue weighted by molar-refractivity contribution is 5.99. The predicted octanol–water partition coefficient (Wildman–Crippen LogP) is 3.48. The van der Waals surface area contributed by atoms with E-state index in [0.717, 1.165) is 22.0 Å². The van der Waals surface area contributed by atoms with Gasteiger partial charge in [0.05, 0.1) is 0 Å². The van der Waals surface area contributed by atoms with E-state index in [9.17, 15) is 9.59 Å². The number of rotatable bonds is 3. The van der Waals surface area contributed by atoms with E-state index in [1.54, 1.807) is 26.0 Å². The minimum absolute atomic E-state index is 0.137. The Morgan fingerprint density at radius 1 is 1.00 bits per heavy atom. The lowest BCUT2D eigenvalue weighted by Gasteiger charge is -2.36. The Hall–Kier alpha value is -3.48. The van der Waals surface area contributed by atoms with Crippen LogP contribution in [0, 0.1) is 5.92 Å². The van der Waals surface area contributed by atoms with Crippen molar-refractivity contribution in [2.75, 3.05) is 6.79 Å². The van der Waals surface area contributed by atoms with Gasteiger partial charge >= 0.3 is 11.9 Å². The van der Waals surface area contributed by atoms with Gasteiger partial charge in [0.2, 0.25) is 6.79 Å². The molecule has 1 N–H and O–H groups in total. The molecule has 1 saturated heterocycles. The second kappa shape index (κ2) is 6.27. The molecule has 2 aliphatic heterocycles. The molecule has 29 heavy (non-hydrogen) atoms. The van der Waals surface area contributed by atoms with Crippen LogP contribution >= 0.6 is 0 Å². The number of carbonyl (C=O) groups excluding carboxylic acids is 2. The summed E-state index contributed by atoms with van der Waals surface area (Å²) < 4.78 is 21.7. The van der Waals surface area contributed by atoms with Crippen LogP contribution in [-0.4, -0.2) is 29.5 Å². The molecule has 3 heterocycles. The molecule has 0 spiro atoms. The lowest BCUT2D eigenvalue weighted by Crippen LogP contribution is -2.48. The van der Waals surface area contributed by atoms with Crippen molar-refractivity contribution in [2.24, 2.45) is 5.92 Å². The second-order valence-electron chi connectivity index (χ2n) is 7.60. The number of para-hydroxylation sites is 1. The number of benzene rings is 2. The molecule has 1 fully saturated rings. The zero-order valence-electron chi connectivity index (χ0n) is 15.9. The summed E-state index contributed by atoms with van der Waals surface area (Å²) in [6.45, 7) is 3.22. The Labute approximate surface area is 166 Å². The van der Waals surface area contributed by atoms with Crippen LogP contribution < -0.4 is 9.47 Å². The first-order valence-corrected chi connectivity index (χ1v) is 9.34. The van der Waals surface area contributed by atoms with Gasteiger partial charge in [0, 0.05) is 36.9 Å². The van der Waals surface area contributed by atoms with Gasteiger partial charge in [-0.25, -0.2) is 0 Å². The zero-order chi connectivity index (χ0) is 20.2. The molecule has 0 saturated carbocycles. The van der Waals surface area contributed by atoms with Crippen LogP contribution in [0.2, 0.25) is 0 Å². The second-order valence-corrected chi connectivity index (χ2v) is 7.60. The Bertz CT molecular complexity index is 1110. The zero-order valence-corrected chi connectivity index (χ0v) is 15.9. The number of aromatic amines is 1. The third kappa shape index (κ3) is 2.90. The molecule has 0 radical (unpaired) electrons. The Morgan fingerprint density at radius 2 is 1.72 bits per heavy atom. The van der Waals surface area contributed by atoms with E-state index in [1.165, 1.54) is 0 Å². The molecular formula is C22H19NO6. The number of esters is 2. The Balaban J connectivity index is 1.68. The van der Waals surface area contributed by atoms with Crippen molar-refractivity contribution in [3.63, 3.8) is 0 Å². The first kappa shape index (κ1) is 17.6. The molecule has 3 aromatic rings. The first-order chi connectivity index (χ1) is 13.9. The van der Waals surface area contributed by atoms with E-state index in [-0.39, 0.29) is 6.79 Å². The molecule has 0 bridgehead atoms. The number of carbonyl (C=O) groups is 2. The van der Waals surface area contributed by atoms with Crippen LogP contribution in [0.25, 0.3) is 10.9 Å². The molecule has 0 amide bonds. The minimum atomic E-state index is -1.29. The summed E-state index contributed by atoms with van der Waals surface area (Å²) >= 11 is 0. The van der Waals surface area contributed by atoms with Crippen LogP contribution in [0.4, 0.5) is 0 Å². The number of hydrogen-bond donors (Lipinski definition) is 1. The van der Waals surface area contributed by atoms with E-state index in [2.05, 4.69) is 4.98 Å². The summed E-state index contributed by atoms with van der Waals surface area (Å²) in [5, 5.41) is 0.917. The highest BCUT2D eigenvalue weighted by atomic mass is 16.7. The Kier molecular flexibility index (Phi) is 3.81. The van der Waals surface area contributed by atoms with Gasteiger partial charge in [-0.1, -0.05) is 24.3 Å². The molecule has 1 atom stereocenters. The smallest absolute Gasteiger partial charge is 0.324 e. The van der Waals surface area contributed by atoms with Crippen molar-refractivity contribution < 1.29 is 28.5 Å². The van der Waals surface area contributed by atoms with Crippen LogP contribution in [0.5, 0.6) is 11.5 Å². The fourth-order valence-electron chi connectivity index (χ4n) is 4.01. The van der Waals surface area contributed by atoms with Crippen molar-refractivity contribution in [2.45, 2.75) is 25.6 Å². The lowest BCUT2D eigenvalue weighted by atomic mass is 9.80. The molecule has 0 unspecified atom stereocenters. The highest BCUT2D eigenvalue weighted by Crippen LogP contribution is 2.43. The monoisotopic (exact) mass is 393 g/mol. The predicted molar refractivity (Wildman–Crippen MR) is 102 cm³/mol. The molecule has 2 aliphatic rings. The average molecular weight is 393 g/mol. The number of aromatic nitrogens is 1.